The predicted molar refractivity (Wildman–Crippen MR) is 213 cm³/mol. The smallest absolute Gasteiger partial charge is 0.410 e. The molecule has 17 nitrogen and oxygen atoms in total. The van der Waals surface area contributed by atoms with Crippen molar-refractivity contribution in [3.8, 4) is 11.4 Å². The van der Waals surface area contributed by atoms with E-state index in [4.69, 9.17) is 23.7 Å². The van der Waals surface area contributed by atoms with Crippen molar-refractivity contribution < 1.29 is 47.6 Å². The van der Waals surface area contributed by atoms with Gasteiger partial charge in [-0.25, -0.2) is 14.0 Å². The van der Waals surface area contributed by atoms with Crippen molar-refractivity contribution in [2.24, 2.45) is 11.8 Å². The number of hydrogen-bond acceptors (Lipinski definition) is 15. The molecule has 5 heterocycles. The monoisotopic (exact) mass is 832 g/mol. The molecule has 3 fully saturated rings. The van der Waals surface area contributed by atoms with E-state index in [0.29, 0.717) is 56.7 Å². The maximum Gasteiger partial charge on any atom is 0.410 e. The summed E-state index contributed by atoms with van der Waals surface area (Å²) in [6.07, 6.45) is 0.238. The first-order valence-electron chi connectivity index (χ1n) is 20.8. The van der Waals surface area contributed by atoms with Crippen molar-refractivity contribution >= 4 is 17.8 Å². The normalized spacial score (nSPS) is 37.7. The molecule has 3 aliphatic heterocycles. The molecule has 59 heavy (non-hydrogen) atoms. The number of nitrogens with zero attached hydrogens (tertiary/aromatic N) is 7. The molecule has 0 aliphatic carbocycles. The summed E-state index contributed by atoms with van der Waals surface area (Å²) >= 11 is 0. The van der Waals surface area contributed by atoms with Crippen LogP contribution in [0.2, 0.25) is 0 Å². The number of cyclic esters (lactones) is 1. The highest BCUT2D eigenvalue weighted by Crippen LogP contribution is 2.41. The lowest BCUT2D eigenvalue weighted by molar-refractivity contribution is -0.295. The Balaban J connectivity index is 1.41. The van der Waals surface area contributed by atoms with Crippen molar-refractivity contribution in [3.63, 3.8) is 0 Å². The number of alkyl halides is 1. The Hall–Kier alpha value is -3.68. The minimum atomic E-state index is -3.13. The van der Waals surface area contributed by atoms with Crippen LogP contribution in [0, 0.1) is 11.8 Å². The number of aromatic nitrogens is 5. The third-order valence-electron chi connectivity index (χ3n) is 12.5. The van der Waals surface area contributed by atoms with Gasteiger partial charge in [-0.2, -0.15) is 5.10 Å². The third-order valence-corrected chi connectivity index (χ3v) is 12.5. The van der Waals surface area contributed by atoms with Crippen molar-refractivity contribution in [1.82, 2.24) is 40.3 Å². The van der Waals surface area contributed by atoms with Gasteiger partial charge in [-0.15, -0.1) is 10.2 Å². The number of carbonyl (C=O) groups is 3. The van der Waals surface area contributed by atoms with Crippen LogP contribution in [0.25, 0.3) is 11.4 Å². The molecule has 3 saturated heterocycles. The Kier molecular flexibility index (Phi) is 14.9. The summed E-state index contributed by atoms with van der Waals surface area (Å²) in [4.78, 5) is 45.6. The van der Waals surface area contributed by atoms with E-state index >= 15 is 4.39 Å². The molecule has 18 heteroatoms. The zero-order chi connectivity index (χ0) is 43.4. The lowest BCUT2D eigenvalue weighted by Crippen LogP contribution is -2.61. The van der Waals surface area contributed by atoms with E-state index in [0.717, 1.165) is 6.92 Å². The summed E-state index contributed by atoms with van der Waals surface area (Å²) in [5.74, 6) is -3.86. The molecule has 0 spiro atoms. The molecule has 2 N–H and O–H groups in total. The maximum absolute atomic E-state index is 16.9. The fourth-order valence-corrected chi connectivity index (χ4v) is 9.18. The fourth-order valence-electron chi connectivity index (χ4n) is 9.18. The molecule has 2 aromatic heterocycles. The van der Waals surface area contributed by atoms with Crippen LogP contribution in [-0.4, -0.2) is 158 Å². The first-order valence-corrected chi connectivity index (χ1v) is 20.8. The number of ether oxygens (including phenoxy) is 5. The maximum atomic E-state index is 16.9. The Labute approximate surface area is 347 Å². The molecule has 1 amide bonds. The minimum absolute atomic E-state index is 0.115. The van der Waals surface area contributed by atoms with Crippen molar-refractivity contribution in [2.75, 3.05) is 34.3 Å². The highest BCUT2D eigenvalue weighted by molar-refractivity contribution is 6.07. The van der Waals surface area contributed by atoms with Crippen LogP contribution in [0.3, 0.4) is 0 Å². The Morgan fingerprint density at radius 3 is 2.42 bits per heavy atom. The average molecular weight is 833 g/mol. The number of halogens is 1. The number of unbranched alkanes of at least 4 members (excludes halogenated alkanes) is 1. The highest BCUT2D eigenvalue weighted by Gasteiger charge is 2.60. The van der Waals surface area contributed by atoms with Crippen LogP contribution in [0.5, 0.6) is 0 Å². The molecule has 2 aromatic rings. The standard InChI is InChI=1S/C41H65FN8O9/c1-12-31-41(8)33(50(38(54)59-41)19-14-13-18-49-23-29(46-47-49)28-16-15-17-44-45-28)27(5)43-22-24(2)21-39(6,55-11)35(26(4)34(52)40(7,42)37(53)57-31)58-36-32(51)30(48(9)10)20-25(3)56-36/h15-17,23-27,30-33,35-36,43,51H,12-14,18-22H2,1-11H3/t24-,25?,26-,27-,30?,31-,32?,33-,35-,36+,39-,40?,41-/m1/s1. The van der Waals surface area contributed by atoms with Crippen molar-refractivity contribution in [3.05, 3.63) is 24.5 Å². The lowest BCUT2D eigenvalue weighted by Gasteiger charge is -2.47. The Morgan fingerprint density at radius 1 is 1.07 bits per heavy atom. The summed E-state index contributed by atoms with van der Waals surface area (Å²) < 4.78 is 49.5. The molecule has 330 valence electrons. The predicted octanol–water partition coefficient (Wildman–Crippen LogP) is 3.58. The molecular weight excluding hydrogens is 767 g/mol. The highest BCUT2D eigenvalue weighted by atomic mass is 19.1. The Bertz CT molecular complexity index is 1740. The van der Waals surface area contributed by atoms with Crippen LogP contribution in [-0.2, 0) is 39.8 Å². The molecule has 0 radical (unpaired) electrons. The number of ketones is 1. The molecule has 3 aliphatic rings. The van der Waals surface area contributed by atoms with E-state index in [-0.39, 0.29) is 24.5 Å². The van der Waals surface area contributed by atoms with E-state index in [9.17, 15) is 19.5 Å². The first-order chi connectivity index (χ1) is 27.8. The van der Waals surface area contributed by atoms with Gasteiger partial charge in [0.2, 0.25) is 0 Å². The van der Waals surface area contributed by atoms with E-state index in [2.05, 4.69) is 25.8 Å². The summed E-state index contributed by atoms with van der Waals surface area (Å²) in [6, 6.07) is 2.22. The van der Waals surface area contributed by atoms with E-state index < -0.39 is 77.3 Å². The second-order valence-corrected chi connectivity index (χ2v) is 17.5. The second-order valence-electron chi connectivity index (χ2n) is 17.5. The third kappa shape index (κ3) is 9.94. The van der Waals surface area contributed by atoms with Gasteiger partial charge in [0, 0.05) is 44.4 Å². The zero-order valence-electron chi connectivity index (χ0n) is 36.5. The van der Waals surface area contributed by atoms with Crippen LogP contribution in [0.4, 0.5) is 9.18 Å². The number of fused-ring (bicyclic) bond motifs is 1. The molecule has 4 unspecified atom stereocenters. The number of aliphatic hydroxyl groups is 1. The van der Waals surface area contributed by atoms with Crippen LogP contribution >= 0.6 is 0 Å². The molecule has 0 bridgehead atoms. The first kappa shape index (κ1) is 46.4. The van der Waals surface area contributed by atoms with E-state index in [1.165, 1.54) is 14.0 Å². The van der Waals surface area contributed by atoms with Crippen LogP contribution < -0.4 is 5.32 Å². The van der Waals surface area contributed by atoms with Crippen LogP contribution in [0.1, 0.15) is 87.5 Å². The lowest BCUT2D eigenvalue weighted by atomic mass is 9.78. The Morgan fingerprint density at radius 2 is 1.78 bits per heavy atom. The van der Waals surface area contributed by atoms with Gasteiger partial charge in [0.15, 0.2) is 17.7 Å². The number of amides is 1. The SMILES string of the molecule is CC[C@H]1OC(=O)C(C)(F)C(=O)[C@@H](C)[C@@H](O[C@@H]2OC(C)CC(N(C)C)C2O)[C@](C)(OC)C[C@@H](C)CN[C@H](C)[C@H]2N(CCCCn3cc(-c4cccnn4)nn3)C(=O)O[C@]12C. The minimum Gasteiger partial charge on any atom is -0.455 e. The zero-order valence-corrected chi connectivity index (χ0v) is 36.5. The quantitative estimate of drug-likeness (QED) is 0.190. The number of hydrogen-bond donors (Lipinski definition) is 2. The van der Waals surface area contributed by atoms with Crippen molar-refractivity contribution in [2.45, 2.75) is 160 Å². The molecule has 13 atom stereocenters. The summed E-state index contributed by atoms with van der Waals surface area (Å²) in [5, 5.41) is 31.4. The fraction of sp³-hybridized carbons (Fsp3) is 0.780. The van der Waals surface area contributed by atoms with Gasteiger partial charge in [-0.1, -0.05) is 26.0 Å². The van der Waals surface area contributed by atoms with Crippen LogP contribution in [0.15, 0.2) is 24.5 Å². The number of aryl methyl sites for hydroxylation is 1. The topological polar surface area (TPSA) is 193 Å². The number of likely N-dealkylation sites (N-methyl/N-ethyl adjacent to an activating group) is 1. The second kappa shape index (κ2) is 18.9. The van der Waals surface area contributed by atoms with Gasteiger partial charge in [0.05, 0.1) is 30.0 Å². The summed E-state index contributed by atoms with van der Waals surface area (Å²) in [7, 11) is 5.20. The number of Topliss-reactive ketones (excluding diaryl/α,β-unsaturated/α-hetero) is 1. The molecule has 0 aromatic carbocycles. The summed E-state index contributed by atoms with van der Waals surface area (Å²) in [5.41, 5.74) is -4.57. The number of carbonyl (C=O) groups excluding carboxylic acids is 3. The number of methoxy groups -OCH3 is 1. The van der Waals surface area contributed by atoms with Gasteiger partial charge in [0.25, 0.3) is 5.67 Å². The molecule has 0 saturated carbocycles. The van der Waals surface area contributed by atoms with E-state index in [1.54, 1.807) is 54.9 Å². The van der Waals surface area contributed by atoms with Gasteiger partial charge >= 0.3 is 12.1 Å². The summed E-state index contributed by atoms with van der Waals surface area (Å²) in [6.45, 7) is 14.7. The van der Waals surface area contributed by atoms with Gasteiger partial charge in [0.1, 0.15) is 23.6 Å². The largest absolute Gasteiger partial charge is 0.455 e. The van der Waals surface area contributed by atoms with E-state index in [1.807, 2.05) is 39.8 Å². The average Bonchev–Trinajstić information content (AvgIpc) is 3.78. The van der Waals surface area contributed by atoms with Crippen molar-refractivity contribution in [1.29, 1.82) is 0 Å². The number of nitrogens with one attached hydrogen (secondary N) is 1. The number of esters is 1. The number of aliphatic hydroxyl groups excluding tert-OH is 1. The molecule has 5 rings (SSSR count). The number of rotatable bonds is 11. The molecular formula is C41H65FN8O9. The van der Waals surface area contributed by atoms with Gasteiger partial charge in [-0.3, -0.25) is 14.4 Å². The van der Waals surface area contributed by atoms with Gasteiger partial charge in [-0.05, 0) is 105 Å². The van der Waals surface area contributed by atoms with Gasteiger partial charge < -0.3 is 39.0 Å².